The Morgan fingerprint density at radius 3 is 2.67 bits per heavy atom. The van der Waals surface area contributed by atoms with E-state index in [-0.39, 0.29) is 0 Å². The van der Waals surface area contributed by atoms with Crippen molar-refractivity contribution in [3.05, 3.63) is 29.6 Å². The van der Waals surface area contributed by atoms with Crippen molar-refractivity contribution in [2.75, 3.05) is 0 Å². The third-order valence-electron chi connectivity index (χ3n) is 0.833. The highest BCUT2D eigenvalue weighted by atomic mass is 19.1. The monoisotopic (exact) mass is 128 g/mol. The van der Waals surface area contributed by atoms with Gasteiger partial charge in [0.2, 0.25) is 5.95 Å². The smallest absolute Gasteiger partial charge is 0.224 e. The SMILES string of the molecule is Cc1cc(F)[c]c(F)n1. The Morgan fingerprint density at radius 1 is 1.56 bits per heavy atom. The van der Waals surface area contributed by atoms with E-state index < -0.39 is 11.8 Å². The third kappa shape index (κ3) is 1.45. The summed E-state index contributed by atoms with van der Waals surface area (Å²) in [5.41, 5.74) is 0.323. The van der Waals surface area contributed by atoms with Gasteiger partial charge in [-0.15, -0.1) is 0 Å². The lowest BCUT2D eigenvalue weighted by Gasteiger charge is -1.89. The fourth-order valence-corrected chi connectivity index (χ4v) is 0.533. The molecule has 1 rings (SSSR count). The van der Waals surface area contributed by atoms with Crippen LogP contribution in [0.5, 0.6) is 0 Å². The van der Waals surface area contributed by atoms with E-state index in [4.69, 9.17) is 0 Å². The number of hydrogen-bond acceptors (Lipinski definition) is 1. The molecule has 0 aliphatic carbocycles. The van der Waals surface area contributed by atoms with Crippen LogP contribution in [0, 0.1) is 24.8 Å². The number of rotatable bonds is 0. The van der Waals surface area contributed by atoms with Gasteiger partial charge in [0.25, 0.3) is 0 Å². The van der Waals surface area contributed by atoms with Gasteiger partial charge in [-0.25, -0.2) is 9.37 Å². The molecule has 47 valence electrons. The van der Waals surface area contributed by atoms with Crippen molar-refractivity contribution in [3.8, 4) is 0 Å². The van der Waals surface area contributed by atoms with E-state index in [1.165, 1.54) is 6.92 Å². The molecule has 0 aromatic carbocycles. The van der Waals surface area contributed by atoms with Crippen molar-refractivity contribution in [3.63, 3.8) is 0 Å². The first-order chi connectivity index (χ1) is 4.18. The van der Waals surface area contributed by atoms with Crippen LogP contribution < -0.4 is 0 Å². The molecule has 0 unspecified atom stereocenters. The third-order valence-corrected chi connectivity index (χ3v) is 0.833. The molecule has 0 fully saturated rings. The lowest BCUT2D eigenvalue weighted by Crippen LogP contribution is -1.88. The molecule has 1 aromatic rings. The second-order valence-corrected chi connectivity index (χ2v) is 1.66. The van der Waals surface area contributed by atoms with Gasteiger partial charge in [0, 0.05) is 5.69 Å². The Kier molecular flexibility index (Phi) is 1.42. The first-order valence-corrected chi connectivity index (χ1v) is 2.40. The molecule has 0 saturated carbocycles. The number of aromatic nitrogens is 1. The minimum Gasteiger partial charge on any atom is -0.224 e. The van der Waals surface area contributed by atoms with Crippen molar-refractivity contribution in [1.82, 2.24) is 4.98 Å². The van der Waals surface area contributed by atoms with Gasteiger partial charge in [-0.05, 0) is 13.0 Å². The van der Waals surface area contributed by atoms with Crippen molar-refractivity contribution >= 4 is 0 Å². The van der Waals surface area contributed by atoms with Gasteiger partial charge in [0.15, 0.2) is 0 Å². The van der Waals surface area contributed by atoms with E-state index in [9.17, 15) is 8.78 Å². The Hall–Kier alpha value is -0.990. The summed E-state index contributed by atoms with van der Waals surface area (Å²) < 4.78 is 24.1. The summed E-state index contributed by atoms with van der Waals surface area (Å²) in [4.78, 5) is 3.27. The van der Waals surface area contributed by atoms with E-state index in [2.05, 4.69) is 4.98 Å². The maximum Gasteiger partial charge on any atom is 0.224 e. The van der Waals surface area contributed by atoms with E-state index in [1.807, 2.05) is 0 Å². The molecular weight excluding hydrogens is 124 g/mol. The molecule has 1 heterocycles. The van der Waals surface area contributed by atoms with Crippen molar-refractivity contribution in [2.24, 2.45) is 0 Å². The van der Waals surface area contributed by atoms with E-state index in [0.717, 1.165) is 6.07 Å². The summed E-state index contributed by atoms with van der Waals surface area (Å²) >= 11 is 0. The van der Waals surface area contributed by atoms with Crippen LogP contribution in [0.3, 0.4) is 0 Å². The normalized spacial score (nSPS) is 9.67. The van der Waals surface area contributed by atoms with Crippen LogP contribution in [0.25, 0.3) is 0 Å². The minimum atomic E-state index is -0.896. The molecule has 3 heteroatoms. The molecular formula is C6H4F2N. The number of halogens is 2. The molecule has 0 bridgehead atoms. The number of nitrogens with zero attached hydrogens (tertiary/aromatic N) is 1. The molecule has 0 saturated heterocycles. The number of aryl methyl sites for hydroxylation is 1. The first kappa shape index (κ1) is 6.13. The molecule has 1 nitrogen and oxygen atoms in total. The predicted molar refractivity (Wildman–Crippen MR) is 27.7 cm³/mol. The fourth-order valence-electron chi connectivity index (χ4n) is 0.533. The van der Waals surface area contributed by atoms with Gasteiger partial charge in [-0.2, -0.15) is 4.39 Å². The van der Waals surface area contributed by atoms with Crippen LogP contribution >= 0.6 is 0 Å². The molecule has 0 amide bonds. The number of hydrogen-bond donors (Lipinski definition) is 0. The lowest BCUT2D eigenvalue weighted by atomic mass is 10.4. The molecule has 0 N–H and O–H groups in total. The maximum atomic E-state index is 12.1. The Morgan fingerprint density at radius 2 is 2.22 bits per heavy atom. The summed E-state index contributed by atoms with van der Waals surface area (Å²) in [7, 11) is 0. The molecule has 1 radical (unpaired) electrons. The van der Waals surface area contributed by atoms with Crippen molar-refractivity contribution < 1.29 is 8.78 Å². The van der Waals surface area contributed by atoms with Crippen LogP contribution in [-0.4, -0.2) is 4.98 Å². The number of pyridine rings is 1. The zero-order valence-corrected chi connectivity index (χ0v) is 4.78. The highest BCUT2D eigenvalue weighted by molar-refractivity contribution is 5.03. The highest BCUT2D eigenvalue weighted by Crippen LogP contribution is 1.99. The van der Waals surface area contributed by atoms with Crippen LogP contribution in [-0.2, 0) is 0 Å². The van der Waals surface area contributed by atoms with Gasteiger partial charge in [0.05, 0.1) is 6.07 Å². The van der Waals surface area contributed by atoms with Crippen molar-refractivity contribution in [1.29, 1.82) is 0 Å². The summed E-state index contributed by atoms with van der Waals surface area (Å²) in [5, 5.41) is 0. The second kappa shape index (κ2) is 2.09. The lowest BCUT2D eigenvalue weighted by molar-refractivity contribution is 0.544. The Labute approximate surface area is 51.3 Å². The molecule has 0 atom stereocenters. The zero-order chi connectivity index (χ0) is 6.85. The van der Waals surface area contributed by atoms with Gasteiger partial charge >= 0.3 is 0 Å². The fraction of sp³-hybridized carbons (Fsp3) is 0.167. The summed E-state index contributed by atoms with van der Waals surface area (Å²) in [6.07, 6.45) is 0. The Balaban J connectivity index is 3.17. The largest absolute Gasteiger partial charge is 0.224 e. The zero-order valence-electron chi connectivity index (χ0n) is 4.78. The molecule has 9 heavy (non-hydrogen) atoms. The van der Waals surface area contributed by atoms with Crippen LogP contribution in [0.1, 0.15) is 5.69 Å². The van der Waals surface area contributed by atoms with E-state index in [0.29, 0.717) is 5.69 Å². The molecule has 1 aromatic heterocycles. The molecule has 0 aliphatic heterocycles. The topological polar surface area (TPSA) is 12.9 Å². The maximum absolute atomic E-state index is 12.1. The summed E-state index contributed by atoms with van der Waals surface area (Å²) in [6.45, 7) is 1.51. The summed E-state index contributed by atoms with van der Waals surface area (Å²) in [6, 6.07) is 2.88. The highest BCUT2D eigenvalue weighted by Gasteiger charge is 1.96. The second-order valence-electron chi connectivity index (χ2n) is 1.66. The van der Waals surface area contributed by atoms with Gasteiger partial charge in [-0.1, -0.05) is 0 Å². The minimum absolute atomic E-state index is 0.323. The average molecular weight is 128 g/mol. The quantitative estimate of drug-likeness (QED) is 0.482. The van der Waals surface area contributed by atoms with Gasteiger partial charge in [0.1, 0.15) is 5.82 Å². The van der Waals surface area contributed by atoms with E-state index in [1.54, 1.807) is 6.07 Å². The summed E-state index contributed by atoms with van der Waals surface area (Å²) in [5.74, 6) is -1.60. The molecule has 0 aliphatic rings. The first-order valence-electron chi connectivity index (χ1n) is 2.40. The van der Waals surface area contributed by atoms with Crippen LogP contribution in [0.4, 0.5) is 8.78 Å². The van der Waals surface area contributed by atoms with Crippen molar-refractivity contribution in [2.45, 2.75) is 6.92 Å². The average Bonchev–Trinajstić information content (AvgIpc) is 1.59. The van der Waals surface area contributed by atoms with Crippen LogP contribution in [0.2, 0.25) is 0 Å². The Bertz CT molecular complexity index is 172. The van der Waals surface area contributed by atoms with Gasteiger partial charge in [-0.3, -0.25) is 0 Å². The van der Waals surface area contributed by atoms with Crippen LogP contribution in [0.15, 0.2) is 6.07 Å². The molecule has 0 spiro atoms. The van der Waals surface area contributed by atoms with Gasteiger partial charge < -0.3 is 0 Å². The predicted octanol–water partition coefficient (Wildman–Crippen LogP) is 1.47. The standard InChI is InChI=1S/C6H4F2N/c1-4-2-5(7)3-6(8)9-4/h2H,1H3. The van der Waals surface area contributed by atoms with E-state index >= 15 is 0 Å².